The van der Waals surface area contributed by atoms with Crippen molar-refractivity contribution in [2.45, 2.75) is 77.3 Å². The lowest BCUT2D eigenvalue weighted by Crippen LogP contribution is -2.38. The van der Waals surface area contributed by atoms with Gasteiger partial charge in [-0.1, -0.05) is 32.1 Å². The summed E-state index contributed by atoms with van der Waals surface area (Å²) in [6, 6.07) is 0.145. The minimum absolute atomic E-state index is 0.145. The predicted molar refractivity (Wildman–Crippen MR) is 104 cm³/mol. The molecule has 2 fully saturated rings. The second-order valence-electron chi connectivity index (χ2n) is 7.88. The second-order valence-corrected chi connectivity index (χ2v) is 7.88. The van der Waals surface area contributed by atoms with Crippen molar-refractivity contribution in [1.29, 1.82) is 0 Å². The number of carboxylic acid groups (broad SMARTS) is 1. The zero-order chi connectivity index (χ0) is 20.1. The first-order chi connectivity index (χ1) is 13.5. The number of carbonyl (C=O) groups is 3. The Kier molecular flexibility index (Phi) is 6.70. The van der Waals surface area contributed by atoms with E-state index in [9.17, 15) is 19.5 Å². The number of hydrogen-bond acceptors (Lipinski definition) is 4. The topological polar surface area (TPSA) is 113 Å². The molecule has 0 radical (unpaired) electrons. The Morgan fingerprint density at radius 3 is 2.36 bits per heavy atom. The maximum atomic E-state index is 12.8. The number of amides is 2. The van der Waals surface area contributed by atoms with E-state index < -0.39 is 17.8 Å². The molecular weight excluding hydrogens is 360 g/mol. The molecule has 3 rings (SSSR count). The molecule has 3 N–H and O–H groups in total. The molecule has 0 bridgehead atoms. The molecule has 1 heterocycles. The molecule has 2 amide bonds. The number of aromatic nitrogens is 2. The van der Waals surface area contributed by atoms with Crippen LogP contribution in [0.25, 0.3) is 0 Å². The van der Waals surface area contributed by atoms with Gasteiger partial charge >= 0.3 is 5.97 Å². The van der Waals surface area contributed by atoms with Crippen molar-refractivity contribution in [3.05, 3.63) is 11.9 Å². The Labute approximate surface area is 165 Å². The van der Waals surface area contributed by atoms with E-state index >= 15 is 0 Å². The molecule has 8 heteroatoms. The van der Waals surface area contributed by atoms with Gasteiger partial charge in [0.2, 0.25) is 5.91 Å². The van der Waals surface area contributed by atoms with Crippen LogP contribution >= 0.6 is 0 Å². The first kappa shape index (κ1) is 20.4. The molecule has 2 aliphatic rings. The van der Waals surface area contributed by atoms with Gasteiger partial charge in [0.15, 0.2) is 5.69 Å². The molecular formula is C20H30N4O4. The van der Waals surface area contributed by atoms with Gasteiger partial charge in [-0.3, -0.25) is 19.1 Å². The van der Waals surface area contributed by atoms with E-state index in [4.69, 9.17) is 0 Å². The monoisotopic (exact) mass is 390 g/mol. The third-order valence-electron chi connectivity index (χ3n) is 5.92. The van der Waals surface area contributed by atoms with Crippen LogP contribution in [0.2, 0.25) is 0 Å². The van der Waals surface area contributed by atoms with Crippen LogP contribution in [-0.4, -0.2) is 38.7 Å². The fraction of sp³-hybridized carbons (Fsp3) is 0.700. The number of rotatable bonds is 6. The molecule has 0 unspecified atom stereocenters. The molecule has 1 aromatic heterocycles. The van der Waals surface area contributed by atoms with Gasteiger partial charge in [0.1, 0.15) is 0 Å². The third-order valence-corrected chi connectivity index (χ3v) is 5.92. The van der Waals surface area contributed by atoms with Gasteiger partial charge in [0.05, 0.1) is 17.5 Å². The molecule has 0 aromatic carbocycles. The van der Waals surface area contributed by atoms with E-state index in [1.807, 2.05) is 6.92 Å². The highest BCUT2D eigenvalue weighted by atomic mass is 16.4. The molecule has 0 aliphatic heterocycles. The molecule has 2 saturated carbocycles. The average Bonchev–Trinajstić information content (AvgIpc) is 3.11. The van der Waals surface area contributed by atoms with E-state index in [1.165, 1.54) is 6.42 Å². The Bertz CT molecular complexity index is 724. The van der Waals surface area contributed by atoms with Gasteiger partial charge < -0.3 is 15.7 Å². The summed E-state index contributed by atoms with van der Waals surface area (Å²) in [7, 11) is 0. The van der Waals surface area contributed by atoms with Crippen molar-refractivity contribution in [3.63, 3.8) is 0 Å². The first-order valence-corrected chi connectivity index (χ1v) is 10.4. The summed E-state index contributed by atoms with van der Waals surface area (Å²) in [5.41, 5.74) is 0.554. The number of carbonyl (C=O) groups excluding carboxylic acids is 2. The number of carboxylic acids is 1. The zero-order valence-electron chi connectivity index (χ0n) is 16.4. The summed E-state index contributed by atoms with van der Waals surface area (Å²) < 4.78 is 1.61. The van der Waals surface area contributed by atoms with Crippen molar-refractivity contribution in [2.24, 2.45) is 11.8 Å². The SMILES string of the molecule is CCn1cc(NC(=O)[C@@H]2CCCC[C@H]2C(=O)O)c(C(=O)NC2CCCCC2)n1. The first-order valence-electron chi connectivity index (χ1n) is 10.4. The highest BCUT2D eigenvalue weighted by Gasteiger charge is 2.36. The van der Waals surface area contributed by atoms with Gasteiger partial charge in [0.25, 0.3) is 5.91 Å². The zero-order valence-corrected chi connectivity index (χ0v) is 16.4. The quantitative estimate of drug-likeness (QED) is 0.691. The van der Waals surface area contributed by atoms with Crippen molar-refractivity contribution in [3.8, 4) is 0 Å². The van der Waals surface area contributed by atoms with Gasteiger partial charge in [-0.2, -0.15) is 5.10 Å². The minimum atomic E-state index is -0.931. The molecule has 0 spiro atoms. The van der Waals surface area contributed by atoms with Crippen molar-refractivity contribution in [2.75, 3.05) is 5.32 Å². The molecule has 2 atom stereocenters. The van der Waals surface area contributed by atoms with Gasteiger partial charge in [-0.05, 0) is 32.6 Å². The Morgan fingerprint density at radius 1 is 1.07 bits per heavy atom. The minimum Gasteiger partial charge on any atom is -0.481 e. The lowest BCUT2D eigenvalue weighted by atomic mass is 9.78. The van der Waals surface area contributed by atoms with E-state index in [2.05, 4.69) is 15.7 Å². The molecule has 154 valence electrons. The number of anilines is 1. The van der Waals surface area contributed by atoms with Crippen molar-refractivity contribution < 1.29 is 19.5 Å². The van der Waals surface area contributed by atoms with Crippen LogP contribution in [0.4, 0.5) is 5.69 Å². The smallest absolute Gasteiger partial charge is 0.307 e. The van der Waals surface area contributed by atoms with Crippen LogP contribution in [0.15, 0.2) is 6.20 Å². The Morgan fingerprint density at radius 2 is 1.71 bits per heavy atom. The van der Waals surface area contributed by atoms with Crippen LogP contribution < -0.4 is 10.6 Å². The molecule has 2 aliphatic carbocycles. The van der Waals surface area contributed by atoms with Crippen molar-refractivity contribution >= 4 is 23.5 Å². The van der Waals surface area contributed by atoms with Crippen LogP contribution in [0.3, 0.4) is 0 Å². The highest BCUT2D eigenvalue weighted by molar-refractivity contribution is 6.03. The Hall–Kier alpha value is -2.38. The van der Waals surface area contributed by atoms with E-state index in [0.717, 1.165) is 38.5 Å². The third kappa shape index (κ3) is 4.72. The van der Waals surface area contributed by atoms with E-state index in [-0.39, 0.29) is 23.6 Å². The summed E-state index contributed by atoms with van der Waals surface area (Å²) >= 11 is 0. The average molecular weight is 390 g/mol. The molecule has 28 heavy (non-hydrogen) atoms. The van der Waals surface area contributed by atoms with Crippen LogP contribution in [0.1, 0.15) is 75.2 Å². The number of hydrogen-bond donors (Lipinski definition) is 3. The predicted octanol–water partition coefficient (Wildman–Crippen LogP) is 2.80. The summed E-state index contributed by atoms with van der Waals surface area (Å²) in [5, 5.41) is 19.6. The second kappa shape index (κ2) is 9.21. The summed E-state index contributed by atoms with van der Waals surface area (Å²) in [4.78, 5) is 37.1. The van der Waals surface area contributed by atoms with E-state index in [1.54, 1.807) is 10.9 Å². The lowest BCUT2D eigenvalue weighted by Gasteiger charge is -2.27. The maximum Gasteiger partial charge on any atom is 0.307 e. The summed E-state index contributed by atoms with van der Waals surface area (Å²) in [6.45, 7) is 2.48. The summed E-state index contributed by atoms with van der Waals surface area (Å²) in [5.74, 6) is -2.80. The Balaban J connectivity index is 1.73. The van der Waals surface area contributed by atoms with Crippen LogP contribution in [0, 0.1) is 11.8 Å². The highest BCUT2D eigenvalue weighted by Crippen LogP contribution is 2.31. The number of nitrogens with one attached hydrogen (secondary N) is 2. The molecule has 1 aromatic rings. The lowest BCUT2D eigenvalue weighted by molar-refractivity contribution is -0.147. The maximum absolute atomic E-state index is 12.8. The fourth-order valence-corrected chi connectivity index (χ4v) is 4.31. The normalized spacial score (nSPS) is 23.2. The number of aliphatic carboxylic acids is 1. The van der Waals surface area contributed by atoms with Gasteiger partial charge in [-0.25, -0.2) is 0 Å². The summed E-state index contributed by atoms with van der Waals surface area (Å²) in [6.07, 6.45) is 9.71. The largest absolute Gasteiger partial charge is 0.481 e. The fourth-order valence-electron chi connectivity index (χ4n) is 4.31. The molecule has 0 saturated heterocycles. The van der Waals surface area contributed by atoms with E-state index in [0.29, 0.717) is 25.1 Å². The number of nitrogens with zero attached hydrogens (tertiary/aromatic N) is 2. The van der Waals surface area contributed by atoms with Crippen LogP contribution in [0.5, 0.6) is 0 Å². The number of aryl methyl sites for hydroxylation is 1. The van der Waals surface area contributed by atoms with Crippen LogP contribution in [-0.2, 0) is 16.1 Å². The molecule has 8 nitrogen and oxygen atoms in total. The van der Waals surface area contributed by atoms with Crippen molar-refractivity contribution in [1.82, 2.24) is 15.1 Å². The van der Waals surface area contributed by atoms with Gasteiger partial charge in [-0.15, -0.1) is 0 Å². The van der Waals surface area contributed by atoms with Gasteiger partial charge in [0, 0.05) is 18.8 Å². The standard InChI is InChI=1S/C20H30N4O4/c1-2-24-12-16(17(23-24)19(26)21-13-8-4-3-5-9-13)22-18(25)14-10-6-7-11-15(14)20(27)28/h12-15H,2-11H2,1H3,(H,21,26)(H,22,25)(H,27,28)/t14-,15-/m1/s1.